The molecule has 0 saturated carbocycles. The Hall–Kier alpha value is -1.30. The number of nitrogens with zero attached hydrogens (tertiary/aromatic N) is 1. The first-order chi connectivity index (χ1) is 5.97. The van der Waals surface area contributed by atoms with E-state index in [1.165, 1.54) is 4.88 Å². The smallest absolute Gasteiger partial charge is 0.450 e. The third kappa shape index (κ3) is 5.02. The van der Waals surface area contributed by atoms with Crippen molar-refractivity contribution >= 4 is 22.6 Å². The molecule has 13 heavy (non-hydrogen) atoms. The van der Waals surface area contributed by atoms with Crippen molar-refractivity contribution in [2.24, 2.45) is 0 Å². The lowest BCUT2D eigenvalue weighted by Crippen LogP contribution is -1.81. The molecule has 0 aromatic carbocycles. The van der Waals surface area contributed by atoms with E-state index in [1.54, 1.807) is 11.3 Å². The molecule has 6 heteroatoms. The monoisotopic (exact) mass is 204 g/mol. The Kier molecular flexibility index (Phi) is 4.83. The first-order valence-electron chi connectivity index (χ1n) is 3.61. The third-order valence-electron chi connectivity index (χ3n) is 1.23. The number of hydrogen-bond acceptors (Lipinski definition) is 4. The lowest BCUT2D eigenvalue weighted by Gasteiger charge is -1.85. The SMILES string of the molecule is CCc1sc(N)nc1C.O=C(O)O. The van der Waals surface area contributed by atoms with Gasteiger partial charge in [0.1, 0.15) is 0 Å². The molecule has 0 spiro atoms. The van der Waals surface area contributed by atoms with Crippen molar-refractivity contribution in [3.05, 3.63) is 10.6 Å². The molecule has 5 nitrogen and oxygen atoms in total. The van der Waals surface area contributed by atoms with Crippen LogP contribution in [0.1, 0.15) is 17.5 Å². The molecular weight excluding hydrogens is 192 g/mol. The summed E-state index contributed by atoms with van der Waals surface area (Å²) in [6, 6.07) is 0. The highest BCUT2D eigenvalue weighted by Gasteiger charge is 2.00. The number of nitrogen functional groups attached to an aromatic ring is 1. The van der Waals surface area contributed by atoms with Gasteiger partial charge >= 0.3 is 6.16 Å². The van der Waals surface area contributed by atoms with Gasteiger partial charge in [-0.05, 0) is 13.3 Å². The summed E-state index contributed by atoms with van der Waals surface area (Å²) in [7, 11) is 0. The summed E-state index contributed by atoms with van der Waals surface area (Å²) in [5.74, 6) is 0. The van der Waals surface area contributed by atoms with Crippen molar-refractivity contribution in [2.75, 3.05) is 5.73 Å². The van der Waals surface area contributed by atoms with E-state index in [2.05, 4.69) is 11.9 Å². The molecule has 1 rings (SSSR count). The Balaban J connectivity index is 0.000000310. The van der Waals surface area contributed by atoms with Crippen LogP contribution >= 0.6 is 11.3 Å². The molecule has 0 aliphatic carbocycles. The van der Waals surface area contributed by atoms with Crippen LogP contribution in [-0.2, 0) is 6.42 Å². The average molecular weight is 204 g/mol. The van der Waals surface area contributed by atoms with E-state index < -0.39 is 6.16 Å². The number of nitrogens with two attached hydrogens (primary N) is 1. The summed E-state index contributed by atoms with van der Waals surface area (Å²) in [6.07, 6.45) is -0.791. The van der Waals surface area contributed by atoms with Crippen molar-refractivity contribution in [3.8, 4) is 0 Å². The zero-order valence-electron chi connectivity index (χ0n) is 7.44. The summed E-state index contributed by atoms with van der Waals surface area (Å²) in [4.78, 5) is 13.9. The van der Waals surface area contributed by atoms with Gasteiger partial charge in [0.25, 0.3) is 0 Å². The van der Waals surface area contributed by atoms with Gasteiger partial charge in [0, 0.05) is 4.88 Å². The van der Waals surface area contributed by atoms with Crippen molar-refractivity contribution in [1.82, 2.24) is 4.98 Å². The minimum Gasteiger partial charge on any atom is -0.450 e. The van der Waals surface area contributed by atoms with Crippen LogP contribution in [0, 0.1) is 6.92 Å². The maximum atomic E-state index is 8.56. The number of carbonyl (C=O) groups is 1. The van der Waals surface area contributed by atoms with E-state index in [9.17, 15) is 0 Å². The Bertz CT molecular complexity index is 281. The average Bonchev–Trinajstić information content (AvgIpc) is 2.28. The van der Waals surface area contributed by atoms with Gasteiger partial charge in [-0.2, -0.15) is 0 Å². The quantitative estimate of drug-likeness (QED) is 0.648. The van der Waals surface area contributed by atoms with Crippen LogP contribution in [-0.4, -0.2) is 21.4 Å². The summed E-state index contributed by atoms with van der Waals surface area (Å²) in [5.41, 5.74) is 6.55. The molecule has 74 valence electrons. The molecule has 0 atom stereocenters. The maximum Gasteiger partial charge on any atom is 0.503 e. The van der Waals surface area contributed by atoms with Gasteiger partial charge in [-0.25, -0.2) is 9.78 Å². The number of rotatable bonds is 1. The lowest BCUT2D eigenvalue weighted by molar-refractivity contribution is 0.137. The second-order valence-electron chi connectivity index (χ2n) is 2.20. The van der Waals surface area contributed by atoms with Crippen LogP contribution in [0.15, 0.2) is 0 Å². The van der Waals surface area contributed by atoms with Crippen LogP contribution in [0.25, 0.3) is 0 Å². The van der Waals surface area contributed by atoms with Crippen molar-refractivity contribution in [2.45, 2.75) is 20.3 Å². The molecule has 0 amide bonds. The Morgan fingerprint density at radius 2 is 2.08 bits per heavy atom. The Morgan fingerprint density at radius 1 is 1.62 bits per heavy atom. The Morgan fingerprint density at radius 3 is 2.23 bits per heavy atom. The van der Waals surface area contributed by atoms with Crippen molar-refractivity contribution in [3.63, 3.8) is 0 Å². The highest BCUT2D eigenvalue weighted by molar-refractivity contribution is 7.15. The van der Waals surface area contributed by atoms with E-state index in [-0.39, 0.29) is 0 Å². The van der Waals surface area contributed by atoms with Crippen LogP contribution in [0.5, 0.6) is 0 Å². The minimum atomic E-state index is -1.83. The predicted octanol–water partition coefficient (Wildman–Crippen LogP) is 1.82. The zero-order valence-corrected chi connectivity index (χ0v) is 8.26. The number of hydrogen-bond donors (Lipinski definition) is 3. The largest absolute Gasteiger partial charge is 0.503 e. The fourth-order valence-electron chi connectivity index (χ4n) is 0.779. The maximum absolute atomic E-state index is 8.56. The molecule has 0 fully saturated rings. The van der Waals surface area contributed by atoms with E-state index in [0.29, 0.717) is 5.13 Å². The highest BCUT2D eigenvalue weighted by atomic mass is 32.1. The van der Waals surface area contributed by atoms with Gasteiger partial charge in [0.05, 0.1) is 5.69 Å². The second-order valence-corrected chi connectivity index (χ2v) is 3.31. The van der Waals surface area contributed by atoms with E-state index >= 15 is 0 Å². The van der Waals surface area contributed by atoms with Crippen molar-refractivity contribution in [1.29, 1.82) is 0 Å². The van der Waals surface area contributed by atoms with E-state index in [4.69, 9.17) is 20.7 Å². The molecule has 0 saturated heterocycles. The molecule has 4 N–H and O–H groups in total. The third-order valence-corrected chi connectivity index (χ3v) is 2.36. The fraction of sp³-hybridized carbons (Fsp3) is 0.429. The van der Waals surface area contributed by atoms with Crippen LogP contribution < -0.4 is 5.73 Å². The first-order valence-corrected chi connectivity index (χ1v) is 4.42. The Labute approximate surface area is 79.8 Å². The van der Waals surface area contributed by atoms with E-state index in [1.807, 2.05) is 6.92 Å². The number of aromatic nitrogens is 1. The molecule has 0 aliphatic heterocycles. The number of aryl methyl sites for hydroxylation is 2. The molecule has 0 unspecified atom stereocenters. The molecule has 0 radical (unpaired) electrons. The summed E-state index contributed by atoms with van der Waals surface area (Å²) < 4.78 is 0. The van der Waals surface area contributed by atoms with Gasteiger partial charge in [0.2, 0.25) is 0 Å². The highest BCUT2D eigenvalue weighted by Crippen LogP contribution is 2.19. The van der Waals surface area contributed by atoms with Gasteiger partial charge in [0.15, 0.2) is 5.13 Å². The molecular formula is C7H12N2O3S. The lowest BCUT2D eigenvalue weighted by atomic mass is 10.3. The second kappa shape index (κ2) is 5.36. The van der Waals surface area contributed by atoms with Gasteiger partial charge in [-0.1, -0.05) is 6.92 Å². The standard InChI is InChI=1S/C6H10N2S.CH2O3/c1-3-5-4(2)8-6(7)9-5;2-1(3)4/h3H2,1-2H3,(H2,7,8);(H2,2,3,4). The molecule has 1 heterocycles. The normalized spacial score (nSPS) is 8.77. The van der Waals surface area contributed by atoms with Gasteiger partial charge in [-0.3, -0.25) is 0 Å². The molecule has 0 bridgehead atoms. The van der Waals surface area contributed by atoms with E-state index in [0.717, 1.165) is 12.1 Å². The van der Waals surface area contributed by atoms with Gasteiger partial charge in [-0.15, -0.1) is 11.3 Å². The zero-order chi connectivity index (χ0) is 10.4. The van der Waals surface area contributed by atoms with Crippen LogP contribution in [0.3, 0.4) is 0 Å². The predicted molar refractivity (Wildman–Crippen MR) is 51.3 cm³/mol. The fourth-order valence-corrected chi connectivity index (χ4v) is 1.55. The van der Waals surface area contributed by atoms with Crippen molar-refractivity contribution < 1.29 is 15.0 Å². The van der Waals surface area contributed by atoms with Crippen LogP contribution in [0.4, 0.5) is 9.93 Å². The van der Waals surface area contributed by atoms with Gasteiger partial charge < -0.3 is 15.9 Å². The number of thiazole rings is 1. The topological polar surface area (TPSA) is 96.4 Å². The number of anilines is 1. The summed E-state index contributed by atoms with van der Waals surface area (Å²) in [6.45, 7) is 4.10. The first kappa shape index (κ1) is 11.7. The van der Waals surface area contributed by atoms with Crippen LogP contribution in [0.2, 0.25) is 0 Å². The molecule has 1 aromatic rings. The minimum absolute atomic E-state index is 0.685. The molecule has 0 aliphatic rings. The summed E-state index contributed by atoms with van der Waals surface area (Å²) >= 11 is 1.58. The number of carboxylic acid groups (broad SMARTS) is 2. The molecule has 1 aromatic heterocycles. The summed E-state index contributed by atoms with van der Waals surface area (Å²) in [5, 5.41) is 14.6.